The molecule has 0 saturated heterocycles. The monoisotopic (exact) mass is 248 g/mol. The lowest BCUT2D eigenvalue weighted by molar-refractivity contribution is -0.384. The van der Waals surface area contributed by atoms with Gasteiger partial charge in [0.1, 0.15) is 5.84 Å². The minimum Gasteiger partial charge on any atom is -0.325 e. The van der Waals surface area contributed by atoms with Crippen LogP contribution in [0.5, 0.6) is 0 Å². The van der Waals surface area contributed by atoms with Gasteiger partial charge in [0.25, 0.3) is 5.69 Å². The number of nitrogens with one attached hydrogen (secondary N) is 2. The first-order chi connectivity index (χ1) is 8.45. The Labute approximate surface area is 105 Å². The topological polar surface area (TPSA) is 94.1 Å². The summed E-state index contributed by atoms with van der Waals surface area (Å²) < 4.78 is 0. The van der Waals surface area contributed by atoms with E-state index in [1.54, 1.807) is 13.1 Å². The summed E-state index contributed by atoms with van der Waals surface area (Å²) in [5.74, 6) is 0.309. The Morgan fingerprint density at radius 1 is 1.61 bits per heavy atom. The molecule has 1 aromatic carbocycles. The van der Waals surface area contributed by atoms with Gasteiger partial charge in [0.2, 0.25) is 0 Å². The molecule has 18 heavy (non-hydrogen) atoms. The SMILES string of the molecule is CC(CC(=N)N(C)C=N)c1cccc([N+](=O)[O-])c1. The number of hydrogen-bond acceptors (Lipinski definition) is 4. The highest BCUT2D eigenvalue weighted by molar-refractivity contribution is 5.89. The fourth-order valence-electron chi connectivity index (χ4n) is 1.57. The number of rotatable bonds is 5. The average Bonchev–Trinajstić information content (AvgIpc) is 2.37. The molecule has 0 aromatic heterocycles. The van der Waals surface area contributed by atoms with E-state index in [1.165, 1.54) is 17.0 Å². The summed E-state index contributed by atoms with van der Waals surface area (Å²) in [5.41, 5.74) is 0.888. The van der Waals surface area contributed by atoms with Crippen molar-refractivity contribution in [1.82, 2.24) is 4.90 Å². The van der Waals surface area contributed by atoms with Crippen LogP contribution >= 0.6 is 0 Å². The largest absolute Gasteiger partial charge is 0.325 e. The van der Waals surface area contributed by atoms with Gasteiger partial charge >= 0.3 is 0 Å². The standard InChI is InChI=1S/C12H16N4O2/c1-9(6-12(14)15(2)8-13)10-4-3-5-11(7-10)16(17)18/h3-5,7-9,13-14H,6H2,1-2H3. The third kappa shape index (κ3) is 3.38. The second-order valence-corrected chi connectivity index (χ2v) is 4.14. The Morgan fingerprint density at radius 3 is 2.83 bits per heavy atom. The molecule has 0 aliphatic rings. The highest BCUT2D eigenvalue weighted by Crippen LogP contribution is 2.23. The van der Waals surface area contributed by atoms with Gasteiger partial charge in [-0.05, 0) is 11.5 Å². The van der Waals surface area contributed by atoms with Gasteiger partial charge < -0.3 is 4.90 Å². The Kier molecular flexibility index (Phi) is 4.53. The first kappa shape index (κ1) is 13.8. The first-order valence-electron chi connectivity index (χ1n) is 5.51. The average molecular weight is 248 g/mol. The number of nitrogens with zero attached hydrogens (tertiary/aromatic N) is 2. The lowest BCUT2D eigenvalue weighted by Gasteiger charge is -2.17. The Morgan fingerprint density at radius 2 is 2.28 bits per heavy atom. The Hall–Kier alpha value is -2.24. The fraction of sp³-hybridized carbons (Fsp3) is 0.333. The number of nitro benzene ring substituents is 1. The van der Waals surface area contributed by atoms with E-state index < -0.39 is 4.92 Å². The van der Waals surface area contributed by atoms with Crippen LogP contribution in [0.15, 0.2) is 24.3 Å². The Balaban J connectivity index is 2.81. The predicted octanol–water partition coefficient (Wildman–Crippen LogP) is 2.60. The molecule has 0 fully saturated rings. The molecule has 0 aliphatic carbocycles. The summed E-state index contributed by atoms with van der Waals surface area (Å²) >= 11 is 0. The summed E-state index contributed by atoms with van der Waals surface area (Å²) in [6, 6.07) is 6.44. The van der Waals surface area contributed by atoms with E-state index in [0.29, 0.717) is 12.3 Å². The summed E-state index contributed by atoms with van der Waals surface area (Å²) in [6.45, 7) is 1.91. The van der Waals surface area contributed by atoms with Gasteiger partial charge in [-0.15, -0.1) is 0 Å². The van der Waals surface area contributed by atoms with Gasteiger partial charge in [-0.3, -0.25) is 20.9 Å². The lowest BCUT2D eigenvalue weighted by Crippen LogP contribution is -2.25. The Bertz CT molecular complexity index is 473. The van der Waals surface area contributed by atoms with Gasteiger partial charge in [-0.1, -0.05) is 19.1 Å². The molecule has 0 heterocycles. The number of benzene rings is 1. The third-order valence-electron chi connectivity index (χ3n) is 2.77. The second-order valence-electron chi connectivity index (χ2n) is 4.14. The highest BCUT2D eigenvalue weighted by Gasteiger charge is 2.13. The van der Waals surface area contributed by atoms with Crippen LogP contribution < -0.4 is 0 Å². The van der Waals surface area contributed by atoms with Crippen LogP contribution in [0.4, 0.5) is 5.69 Å². The molecule has 1 aromatic rings. The first-order valence-corrected chi connectivity index (χ1v) is 5.51. The molecule has 0 amide bonds. The molecule has 96 valence electrons. The molecular weight excluding hydrogens is 232 g/mol. The van der Waals surface area contributed by atoms with Crippen LogP contribution in [-0.4, -0.2) is 29.0 Å². The maximum atomic E-state index is 10.7. The quantitative estimate of drug-likeness (QED) is 0.363. The molecule has 6 heteroatoms. The van der Waals surface area contributed by atoms with Crippen LogP contribution in [0.25, 0.3) is 0 Å². The van der Waals surface area contributed by atoms with E-state index in [9.17, 15) is 10.1 Å². The van der Waals surface area contributed by atoms with Crippen molar-refractivity contribution in [3.63, 3.8) is 0 Å². The van der Waals surface area contributed by atoms with Gasteiger partial charge in [0.15, 0.2) is 0 Å². The van der Waals surface area contributed by atoms with Crippen LogP contribution in [0, 0.1) is 20.9 Å². The molecule has 1 unspecified atom stereocenters. The van der Waals surface area contributed by atoms with E-state index in [4.69, 9.17) is 10.8 Å². The third-order valence-corrected chi connectivity index (χ3v) is 2.77. The van der Waals surface area contributed by atoms with Crippen LogP contribution in [-0.2, 0) is 0 Å². The summed E-state index contributed by atoms with van der Waals surface area (Å²) in [7, 11) is 1.63. The van der Waals surface area contributed by atoms with Crippen molar-refractivity contribution in [2.24, 2.45) is 0 Å². The minimum absolute atomic E-state index is 0.000185. The molecule has 0 aliphatic heterocycles. The number of nitro groups is 1. The molecule has 1 rings (SSSR count). The predicted molar refractivity (Wildman–Crippen MR) is 70.4 cm³/mol. The smallest absolute Gasteiger partial charge is 0.269 e. The van der Waals surface area contributed by atoms with Crippen molar-refractivity contribution in [2.75, 3.05) is 7.05 Å². The zero-order valence-electron chi connectivity index (χ0n) is 10.4. The molecule has 1 atom stereocenters. The van der Waals surface area contributed by atoms with Gasteiger partial charge in [0.05, 0.1) is 11.3 Å². The van der Waals surface area contributed by atoms with E-state index in [0.717, 1.165) is 11.9 Å². The molecule has 0 saturated carbocycles. The molecule has 0 bridgehead atoms. The zero-order chi connectivity index (χ0) is 13.7. The fourth-order valence-corrected chi connectivity index (χ4v) is 1.57. The molecule has 0 spiro atoms. The van der Waals surface area contributed by atoms with Crippen molar-refractivity contribution >= 4 is 17.9 Å². The van der Waals surface area contributed by atoms with E-state index >= 15 is 0 Å². The molecule has 2 N–H and O–H groups in total. The normalized spacial score (nSPS) is 11.7. The lowest BCUT2D eigenvalue weighted by atomic mass is 9.96. The van der Waals surface area contributed by atoms with E-state index in [1.807, 2.05) is 13.0 Å². The maximum absolute atomic E-state index is 10.7. The number of non-ortho nitro benzene ring substituents is 1. The molecular formula is C12H16N4O2. The second kappa shape index (κ2) is 5.90. The van der Waals surface area contributed by atoms with Crippen molar-refractivity contribution in [2.45, 2.75) is 19.3 Å². The summed E-state index contributed by atoms with van der Waals surface area (Å²) in [6.07, 6.45) is 1.51. The van der Waals surface area contributed by atoms with Gasteiger partial charge in [-0.2, -0.15) is 0 Å². The van der Waals surface area contributed by atoms with Crippen LogP contribution in [0.2, 0.25) is 0 Å². The van der Waals surface area contributed by atoms with Crippen LogP contribution in [0.1, 0.15) is 24.8 Å². The highest BCUT2D eigenvalue weighted by atomic mass is 16.6. The van der Waals surface area contributed by atoms with Crippen molar-refractivity contribution in [1.29, 1.82) is 10.8 Å². The molecule has 0 radical (unpaired) electrons. The number of hydrogen-bond donors (Lipinski definition) is 2. The van der Waals surface area contributed by atoms with Crippen molar-refractivity contribution in [3.8, 4) is 0 Å². The van der Waals surface area contributed by atoms with E-state index in [2.05, 4.69) is 0 Å². The van der Waals surface area contributed by atoms with Crippen LogP contribution in [0.3, 0.4) is 0 Å². The summed E-state index contributed by atoms with van der Waals surface area (Å²) in [4.78, 5) is 11.7. The van der Waals surface area contributed by atoms with Gasteiger partial charge in [0, 0.05) is 25.6 Å². The minimum atomic E-state index is -0.425. The summed E-state index contributed by atoms with van der Waals surface area (Å²) in [5, 5.41) is 25.5. The zero-order valence-corrected chi connectivity index (χ0v) is 10.4. The number of amidine groups is 1. The van der Waals surface area contributed by atoms with Crippen molar-refractivity contribution in [3.05, 3.63) is 39.9 Å². The maximum Gasteiger partial charge on any atom is 0.269 e. The van der Waals surface area contributed by atoms with Gasteiger partial charge in [-0.25, -0.2) is 0 Å². The van der Waals surface area contributed by atoms with Crippen molar-refractivity contribution < 1.29 is 4.92 Å². The molecule has 6 nitrogen and oxygen atoms in total. The van der Waals surface area contributed by atoms with E-state index in [-0.39, 0.29) is 11.6 Å².